The van der Waals surface area contributed by atoms with Gasteiger partial charge >= 0.3 is 7.82 Å². The van der Waals surface area contributed by atoms with E-state index in [1.165, 1.54) is 70.6 Å². The second kappa shape index (κ2) is 19.5. The lowest BCUT2D eigenvalue weighted by Gasteiger charge is -2.11. The summed E-state index contributed by atoms with van der Waals surface area (Å²) in [7, 11) is -4.64. The molecule has 8 heteroatoms. The van der Waals surface area contributed by atoms with Crippen LogP contribution in [0.3, 0.4) is 0 Å². The molecule has 0 fully saturated rings. The molecule has 0 bridgehead atoms. The number of phosphoric acid groups is 1. The van der Waals surface area contributed by atoms with E-state index in [-0.39, 0.29) is 6.61 Å². The fourth-order valence-electron chi connectivity index (χ4n) is 2.41. The van der Waals surface area contributed by atoms with Crippen molar-refractivity contribution in [3.8, 4) is 0 Å². The summed E-state index contributed by atoms with van der Waals surface area (Å²) in [5.41, 5.74) is 5.51. The molecule has 0 aromatic rings. The average molecular weight is 397 g/mol. The van der Waals surface area contributed by atoms with Crippen LogP contribution in [0.5, 0.6) is 0 Å². The third kappa shape index (κ3) is 28.5. The Morgan fingerprint density at radius 2 is 1.27 bits per heavy atom. The van der Waals surface area contributed by atoms with Crippen LogP contribution in [0.4, 0.5) is 0 Å². The second-order valence-electron chi connectivity index (χ2n) is 6.60. The summed E-state index contributed by atoms with van der Waals surface area (Å²) >= 11 is 0. The molecule has 158 valence electrons. The highest BCUT2D eigenvalue weighted by molar-refractivity contribution is 7.45. The number of hydrogen-bond acceptors (Lipinski definition) is 4. The number of aliphatic hydroxyl groups excluding tert-OH is 2. The normalized spacial score (nSPS) is 14.1. The first-order valence-corrected chi connectivity index (χ1v) is 11.3. The Labute approximate surface area is 158 Å². The van der Waals surface area contributed by atoms with Crippen LogP contribution in [0.1, 0.15) is 84.0 Å². The molecule has 0 aromatic carbocycles. The van der Waals surface area contributed by atoms with Crippen molar-refractivity contribution in [3.63, 3.8) is 0 Å². The van der Waals surface area contributed by atoms with Crippen molar-refractivity contribution in [2.24, 2.45) is 5.73 Å². The van der Waals surface area contributed by atoms with Crippen molar-refractivity contribution in [3.05, 3.63) is 12.2 Å². The van der Waals surface area contributed by atoms with E-state index in [1.54, 1.807) is 6.08 Å². The number of allylic oxidation sites excluding steroid dienone is 1. The van der Waals surface area contributed by atoms with Crippen molar-refractivity contribution in [1.82, 2.24) is 0 Å². The van der Waals surface area contributed by atoms with Crippen molar-refractivity contribution < 1.29 is 29.5 Å². The standard InChI is InChI=1S/C18H37NO2.H3O4P/c1-2-3-4-5-6-7-8-9-10-11-12-13-14-15-18(21)17(19)16-20;1-5(2,3)4/h14-15,17-18,20-21H,2-13,16,19H2,1H3;(H3,1,2,3,4)/b15-14+;/t17-,18+;/m0./s1. The van der Waals surface area contributed by atoms with Crippen LogP contribution in [0.25, 0.3) is 0 Å². The summed E-state index contributed by atoms with van der Waals surface area (Å²) in [6.07, 6.45) is 18.8. The zero-order valence-electron chi connectivity index (χ0n) is 16.2. The Morgan fingerprint density at radius 3 is 1.65 bits per heavy atom. The van der Waals surface area contributed by atoms with Crippen molar-refractivity contribution in [1.29, 1.82) is 0 Å². The predicted molar refractivity (Wildman–Crippen MR) is 106 cm³/mol. The molecule has 0 spiro atoms. The lowest BCUT2D eigenvalue weighted by atomic mass is 10.0. The zero-order chi connectivity index (χ0) is 20.3. The molecule has 0 aliphatic rings. The molecule has 7 nitrogen and oxygen atoms in total. The van der Waals surface area contributed by atoms with Gasteiger partial charge in [-0.15, -0.1) is 0 Å². The fraction of sp³-hybridized carbons (Fsp3) is 0.889. The Balaban J connectivity index is 0. The maximum atomic E-state index is 9.52. The molecule has 26 heavy (non-hydrogen) atoms. The lowest BCUT2D eigenvalue weighted by molar-refractivity contribution is 0.144. The molecule has 0 aliphatic carbocycles. The van der Waals surface area contributed by atoms with Crippen molar-refractivity contribution in [2.45, 2.75) is 96.1 Å². The van der Waals surface area contributed by atoms with Gasteiger partial charge in [0.25, 0.3) is 0 Å². The molecule has 0 rings (SSSR count). The van der Waals surface area contributed by atoms with Gasteiger partial charge in [0.15, 0.2) is 0 Å². The minimum absolute atomic E-state index is 0.177. The van der Waals surface area contributed by atoms with Crippen LogP contribution in [0.15, 0.2) is 12.2 Å². The minimum atomic E-state index is -4.64. The maximum absolute atomic E-state index is 9.52. The Hall–Kier alpha value is -0.270. The Bertz CT molecular complexity index is 353. The molecule has 0 saturated heterocycles. The summed E-state index contributed by atoms with van der Waals surface area (Å²) in [6.45, 7) is 2.08. The smallest absolute Gasteiger partial charge is 0.395 e. The van der Waals surface area contributed by atoms with Gasteiger partial charge in [-0.3, -0.25) is 0 Å². The van der Waals surface area contributed by atoms with E-state index in [4.69, 9.17) is 30.1 Å². The van der Waals surface area contributed by atoms with E-state index in [1.807, 2.05) is 6.08 Å². The Kier molecular flexibility index (Phi) is 20.9. The van der Waals surface area contributed by atoms with E-state index in [9.17, 15) is 5.11 Å². The fourth-order valence-corrected chi connectivity index (χ4v) is 2.41. The quantitative estimate of drug-likeness (QED) is 0.142. The first kappa shape index (κ1) is 27.9. The van der Waals surface area contributed by atoms with Crippen LogP contribution >= 0.6 is 7.82 Å². The van der Waals surface area contributed by atoms with E-state index < -0.39 is 20.0 Å². The first-order valence-electron chi connectivity index (χ1n) is 9.71. The van der Waals surface area contributed by atoms with Crippen molar-refractivity contribution >= 4 is 7.82 Å². The van der Waals surface area contributed by atoms with Gasteiger partial charge in [-0.2, -0.15) is 0 Å². The van der Waals surface area contributed by atoms with Gasteiger partial charge in [0.2, 0.25) is 0 Å². The van der Waals surface area contributed by atoms with Crippen LogP contribution in [-0.4, -0.2) is 43.6 Å². The topological polar surface area (TPSA) is 144 Å². The second-order valence-corrected chi connectivity index (χ2v) is 7.63. The Morgan fingerprint density at radius 1 is 0.885 bits per heavy atom. The summed E-state index contributed by atoms with van der Waals surface area (Å²) in [5, 5.41) is 18.3. The number of unbranched alkanes of at least 4 members (excludes halogenated alkanes) is 11. The molecular weight excluding hydrogens is 357 g/mol. The van der Waals surface area contributed by atoms with Gasteiger partial charge in [-0.05, 0) is 12.8 Å². The monoisotopic (exact) mass is 397 g/mol. The van der Waals surface area contributed by atoms with Gasteiger partial charge in [-0.25, -0.2) is 4.57 Å². The van der Waals surface area contributed by atoms with E-state index >= 15 is 0 Å². The number of nitrogens with two attached hydrogens (primary N) is 1. The highest BCUT2D eigenvalue weighted by Crippen LogP contribution is 2.25. The zero-order valence-corrected chi connectivity index (χ0v) is 17.1. The van der Waals surface area contributed by atoms with E-state index in [0.717, 1.165) is 6.42 Å². The number of hydrogen-bond donors (Lipinski definition) is 6. The third-order valence-electron chi connectivity index (χ3n) is 3.96. The molecular formula is C18H40NO6P. The number of rotatable bonds is 15. The largest absolute Gasteiger partial charge is 0.466 e. The van der Waals surface area contributed by atoms with Gasteiger partial charge < -0.3 is 30.6 Å². The highest BCUT2D eigenvalue weighted by atomic mass is 31.2. The molecule has 0 amide bonds. The number of aliphatic hydroxyl groups is 2. The average Bonchev–Trinajstić information content (AvgIpc) is 2.56. The van der Waals surface area contributed by atoms with Gasteiger partial charge in [0, 0.05) is 0 Å². The molecule has 0 saturated carbocycles. The molecule has 0 unspecified atom stereocenters. The maximum Gasteiger partial charge on any atom is 0.466 e. The first-order chi connectivity index (χ1) is 12.2. The molecule has 7 N–H and O–H groups in total. The van der Waals surface area contributed by atoms with E-state index in [2.05, 4.69) is 6.92 Å². The van der Waals surface area contributed by atoms with Crippen LogP contribution in [0, 0.1) is 0 Å². The molecule has 0 heterocycles. The van der Waals surface area contributed by atoms with Crippen LogP contribution in [-0.2, 0) is 4.57 Å². The van der Waals surface area contributed by atoms with Gasteiger partial charge in [0.1, 0.15) is 0 Å². The minimum Gasteiger partial charge on any atom is -0.395 e. The summed E-state index contributed by atoms with van der Waals surface area (Å²) in [5.74, 6) is 0. The lowest BCUT2D eigenvalue weighted by Crippen LogP contribution is -2.36. The molecule has 2 atom stereocenters. The summed E-state index contributed by atoms with van der Waals surface area (Å²) in [4.78, 5) is 21.6. The van der Waals surface area contributed by atoms with E-state index in [0.29, 0.717) is 0 Å². The van der Waals surface area contributed by atoms with Crippen molar-refractivity contribution in [2.75, 3.05) is 6.61 Å². The molecule has 0 radical (unpaired) electrons. The summed E-state index contributed by atoms with van der Waals surface area (Å²) < 4.78 is 8.88. The predicted octanol–water partition coefficient (Wildman–Crippen LogP) is 3.00. The van der Waals surface area contributed by atoms with Gasteiger partial charge in [-0.1, -0.05) is 83.3 Å². The van der Waals surface area contributed by atoms with Gasteiger partial charge in [0.05, 0.1) is 18.8 Å². The summed E-state index contributed by atoms with van der Waals surface area (Å²) in [6, 6.07) is -0.557. The van der Waals surface area contributed by atoms with Crippen LogP contribution in [0.2, 0.25) is 0 Å². The van der Waals surface area contributed by atoms with Crippen LogP contribution < -0.4 is 5.73 Å². The molecule has 0 aliphatic heterocycles. The highest BCUT2D eigenvalue weighted by Gasteiger charge is 2.08. The third-order valence-corrected chi connectivity index (χ3v) is 3.96. The molecule has 0 aromatic heterocycles. The SMILES string of the molecule is CCCCCCCCCCCCC/C=C/[C@@H](O)[C@@H](N)CO.O=P(O)(O)O.